The average molecular weight is 282 g/mol. The highest BCUT2D eigenvalue weighted by Crippen LogP contribution is 2.19. The van der Waals surface area contributed by atoms with Crippen molar-refractivity contribution < 1.29 is 4.79 Å². The van der Waals surface area contributed by atoms with Crippen LogP contribution >= 0.6 is 11.6 Å². The van der Waals surface area contributed by atoms with Crippen LogP contribution in [-0.2, 0) is 0 Å². The van der Waals surface area contributed by atoms with Gasteiger partial charge in [-0.25, -0.2) is 0 Å². The molecule has 3 aromatic rings. The molecule has 1 heterocycles. The van der Waals surface area contributed by atoms with Gasteiger partial charge in [0, 0.05) is 27.7 Å². The molecule has 1 N–H and O–H groups in total. The van der Waals surface area contributed by atoms with Crippen molar-refractivity contribution in [2.75, 3.05) is 0 Å². The number of carbonyl (C=O) groups is 1. The molecule has 0 saturated heterocycles. The third-order valence-corrected chi connectivity index (χ3v) is 3.37. The molecular weight excluding hydrogens is 270 g/mol. The highest BCUT2D eigenvalue weighted by molar-refractivity contribution is 6.30. The van der Waals surface area contributed by atoms with Crippen molar-refractivity contribution in [3.63, 3.8) is 0 Å². The molecule has 0 amide bonds. The van der Waals surface area contributed by atoms with Crippen molar-refractivity contribution in [1.82, 2.24) is 4.98 Å². The summed E-state index contributed by atoms with van der Waals surface area (Å²) in [5.41, 5.74) is 2.55. The highest BCUT2D eigenvalue weighted by atomic mass is 35.5. The van der Waals surface area contributed by atoms with Crippen molar-refractivity contribution in [2.24, 2.45) is 0 Å². The monoisotopic (exact) mass is 281 g/mol. The first-order valence-corrected chi connectivity index (χ1v) is 6.66. The largest absolute Gasteiger partial charge is 0.360 e. The van der Waals surface area contributed by atoms with Crippen LogP contribution < -0.4 is 0 Å². The lowest BCUT2D eigenvalue weighted by atomic mass is 10.1. The molecule has 0 radical (unpaired) electrons. The van der Waals surface area contributed by atoms with Crippen molar-refractivity contribution in [3.05, 3.63) is 77.0 Å². The molecule has 0 bridgehead atoms. The number of nitrogens with one attached hydrogen (secondary N) is 1. The van der Waals surface area contributed by atoms with E-state index in [1.54, 1.807) is 24.4 Å². The fraction of sp³-hybridized carbons (Fsp3) is 0. The predicted octanol–water partition coefficient (Wildman–Crippen LogP) is 4.72. The maximum absolute atomic E-state index is 12.2. The summed E-state index contributed by atoms with van der Waals surface area (Å²) in [5, 5.41) is 1.60. The van der Waals surface area contributed by atoms with E-state index in [1.165, 1.54) is 0 Å². The average Bonchev–Trinajstić information content (AvgIpc) is 2.89. The fourth-order valence-corrected chi connectivity index (χ4v) is 2.35. The third kappa shape index (κ3) is 2.51. The minimum atomic E-state index is -0.0255. The first-order valence-electron chi connectivity index (χ1n) is 6.28. The van der Waals surface area contributed by atoms with Crippen LogP contribution in [0.25, 0.3) is 17.0 Å². The lowest BCUT2D eigenvalue weighted by molar-refractivity contribution is 0.104. The Labute approximate surface area is 121 Å². The lowest BCUT2D eigenvalue weighted by Gasteiger charge is -1.95. The molecular formula is C17H12ClNO. The van der Waals surface area contributed by atoms with Crippen LogP contribution in [0, 0.1) is 0 Å². The third-order valence-electron chi connectivity index (χ3n) is 3.13. The summed E-state index contributed by atoms with van der Waals surface area (Å²) in [6.07, 6.45) is 5.09. The summed E-state index contributed by atoms with van der Waals surface area (Å²) in [5.74, 6) is -0.0255. The van der Waals surface area contributed by atoms with Gasteiger partial charge in [0.05, 0.1) is 0 Å². The Bertz CT molecular complexity index is 801. The molecule has 3 rings (SSSR count). The molecule has 0 aliphatic rings. The van der Waals surface area contributed by atoms with E-state index in [9.17, 15) is 4.79 Å². The molecule has 0 spiro atoms. The summed E-state index contributed by atoms with van der Waals surface area (Å²) in [4.78, 5) is 15.3. The van der Waals surface area contributed by atoms with Gasteiger partial charge >= 0.3 is 0 Å². The van der Waals surface area contributed by atoms with E-state index in [1.807, 2.05) is 42.5 Å². The van der Waals surface area contributed by atoms with Gasteiger partial charge in [0.25, 0.3) is 0 Å². The zero-order chi connectivity index (χ0) is 13.9. The molecule has 1 aromatic heterocycles. The van der Waals surface area contributed by atoms with Gasteiger partial charge in [-0.1, -0.05) is 48.0 Å². The number of aromatic nitrogens is 1. The molecule has 3 heteroatoms. The van der Waals surface area contributed by atoms with Gasteiger partial charge in [-0.15, -0.1) is 0 Å². The molecule has 0 aliphatic heterocycles. The number of para-hydroxylation sites is 1. The first kappa shape index (κ1) is 12.7. The summed E-state index contributed by atoms with van der Waals surface area (Å²) in [7, 11) is 0. The van der Waals surface area contributed by atoms with Crippen molar-refractivity contribution in [2.45, 2.75) is 0 Å². The van der Waals surface area contributed by atoms with Gasteiger partial charge in [-0.05, 0) is 29.8 Å². The molecule has 0 atom stereocenters. The van der Waals surface area contributed by atoms with Crippen LogP contribution in [0.3, 0.4) is 0 Å². The normalized spacial score (nSPS) is 11.2. The Balaban J connectivity index is 1.90. The molecule has 0 unspecified atom stereocenters. The highest BCUT2D eigenvalue weighted by Gasteiger charge is 2.08. The van der Waals surface area contributed by atoms with Gasteiger partial charge in [0.2, 0.25) is 0 Å². The van der Waals surface area contributed by atoms with E-state index in [0.29, 0.717) is 10.6 Å². The van der Waals surface area contributed by atoms with Gasteiger partial charge < -0.3 is 4.98 Å². The minimum absolute atomic E-state index is 0.0255. The Morgan fingerprint density at radius 3 is 2.80 bits per heavy atom. The second kappa shape index (κ2) is 5.35. The molecule has 0 aliphatic carbocycles. The smallest absolute Gasteiger partial charge is 0.187 e. The van der Waals surface area contributed by atoms with Crippen LogP contribution in [0.2, 0.25) is 5.02 Å². The number of hydrogen-bond acceptors (Lipinski definition) is 1. The Morgan fingerprint density at radius 2 is 1.95 bits per heavy atom. The van der Waals surface area contributed by atoms with E-state index in [0.717, 1.165) is 16.5 Å². The number of aromatic amines is 1. The van der Waals surface area contributed by atoms with Crippen LogP contribution in [0.5, 0.6) is 0 Å². The van der Waals surface area contributed by atoms with Gasteiger partial charge in [-0.2, -0.15) is 0 Å². The summed E-state index contributed by atoms with van der Waals surface area (Å²) >= 11 is 5.91. The summed E-state index contributed by atoms with van der Waals surface area (Å²) in [6, 6.07) is 15.1. The SMILES string of the molecule is O=C(/C=C/c1cccc(Cl)c1)c1c[nH]c2ccccc12. The number of halogens is 1. The van der Waals surface area contributed by atoms with E-state index in [-0.39, 0.29) is 5.78 Å². The fourth-order valence-electron chi connectivity index (χ4n) is 2.15. The maximum atomic E-state index is 12.2. The van der Waals surface area contributed by atoms with Crippen LogP contribution in [0.1, 0.15) is 15.9 Å². The van der Waals surface area contributed by atoms with Crippen molar-refractivity contribution in [3.8, 4) is 0 Å². The topological polar surface area (TPSA) is 32.9 Å². The standard InChI is InChI=1S/C17H12ClNO/c18-13-5-3-4-12(10-13)8-9-17(20)15-11-19-16-7-2-1-6-14(15)16/h1-11,19H/b9-8+. The Kier molecular flexibility index (Phi) is 3.40. The van der Waals surface area contributed by atoms with Crippen LogP contribution in [0.15, 0.2) is 60.8 Å². The van der Waals surface area contributed by atoms with Crippen molar-refractivity contribution >= 4 is 34.4 Å². The van der Waals surface area contributed by atoms with E-state index in [2.05, 4.69) is 4.98 Å². The van der Waals surface area contributed by atoms with E-state index < -0.39 is 0 Å². The second-order valence-electron chi connectivity index (χ2n) is 4.50. The lowest BCUT2D eigenvalue weighted by Crippen LogP contribution is -1.91. The number of benzene rings is 2. The number of ketones is 1. The molecule has 0 fully saturated rings. The number of carbonyl (C=O) groups excluding carboxylic acids is 1. The van der Waals surface area contributed by atoms with Gasteiger partial charge in [0.15, 0.2) is 5.78 Å². The molecule has 0 saturated carbocycles. The molecule has 2 nitrogen and oxygen atoms in total. The van der Waals surface area contributed by atoms with Gasteiger partial charge in [0.1, 0.15) is 0 Å². The maximum Gasteiger partial charge on any atom is 0.187 e. The molecule has 20 heavy (non-hydrogen) atoms. The number of H-pyrrole nitrogens is 1. The number of rotatable bonds is 3. The number of fused-ring (bicyclic) bond motifs is 1. The number of allylic oxidation sites excluding steroid dienone is 1. The zero-order valence-electron chi connectivity index (χ0n) is 10.6. The Hall–Kier alpha value is -2.32. The Morgan fingerprint density at radius 1 is 1.10 bits per heavy atom. The second-order valence-corrected chi connectivity index (χ2v) is 4.94. The van der Waals surface area contributed by atoms with Crippen LogP contribution in [-0.4, -0.2) is 10.8 Å². The predicted molar refractivity (Wildman–Crippen MR) is 83.1 cm³/mol. The summed E-state index contributed by atoms with van der Waals surface area (Å²) in [6.45, 7) is 0. The van der Waals surface area contributed by atoms with E-state index >= 15 is 0 Å². The zero-order valence-corrected chi connectivity index (χ0v) is 11.4. The molecule has 98 valence electrons. The summed E-state index contributed by atoms with van der Waals surface area (Å²) < 4.78 is 0. The molecule has 2 aromatic carbocycles. The quantitative estimate of drug-likeness (QED) is 0.547. The van der Waals surface area contributed by atoms with Crippen molar-refractivity contribution in [1.29, 1.82) is 0 Å². The minimum Gasteiger partial charge on any atom is -0.360 e. The van der Waals surface area contributed by atoms with Gasteiger partial charge in [-0.3, -0.25) is 4.79 Å². The van der Waals surface area contributed by atoms with E-state index in [4.69, 9.17) is 11.6 Å². The first-order chi connectivity index (χ1) is 9.74. The number of hydrogen-bond donors (Lipinski definition) is 1. The van der Waals surface area contributed by atoms with Crippen LogP contribution in [0.4, 0.5) is 0 Å².